The first-order valence-corrected chi connectivity index (χ1v) is 10.5. The lowest BCUT2D eigenvalue weighted by Crippen LogP contribution is -2.37. The van der Waals surface area contributed by atoms with Crippen LogP contribution in [-0.2, 0) is 11.3 Å². The zero-order chi connectivity index (χ0) is 21.2. The molecule has 1 saturated carbocycles. The molecule has 1 aliphatic rings. The predicted molar refractivity (Wildman–Crippen MR) is 116 cm³/mol. The molecule has 0 bridgehead atoms. The number of rotatable bonds is 8. The average molecular weight is 411 g/mol. The molecular formula is C23H30N4O3. The van der Waals surface area contributed by atoms with Gasteiger partial charge in [-0.05, 0) is 48.7 Å². The fourth-order valence-corrected chi connectivity index (χ4v) is 3.59. The number of aromatic nitrogens is 1. The smallest absolute Gasteiger partial charge is 0.322 e. The Labute approximate surface area is 177 Å². The van der Waals surface area contributed by atoms with Crippen LogP contribution in [0.1, 0.15) is 48.0 Å². The Bertz CT molecular complexity index is 805. The lowest BCUT2D eigenvalue weighted by molar-refractivity contribution is 0.0927. The van der Waals surface area contributed by atoms with Gasteiger partial charge in [0.1, 0.15) is 0 Å². The first-order chi connectivity index (χ1) is 14.7. The van der Waals surface area contributed by atoms with Gasteiger partial charge >= 0.3 is 6.03 Å². The van der Waals surface area contributed by atoms with Crippen molar-refractivity contribution in [2.75, 3.05) is 25.6 Å². The van der Waals surface area contributed by atoms with Crippen molar-refractivity contribution < 1.29 is 14.3 Å². The number of anilines is 1. The molecular weight excluding hydrogens is 380 g/mol. The lowest BCUT2D eigenvalue weighted by Gasteiger charge is -2.23. The third kappa shape index (κ3) is 6.56. The molecule has 1 heterocycles. The van der Waals surface area contributed by atoms with Crippen LogP contribution < -0.4 is 10.6 Å². The Kier molecular flexibility index (Phi) is 8.20. The van der Waals surface area contributed by atoms with Gasteiger partial charge in [0, 0.05) is 49.9 Å². The van der Waals surface area contributed by atoms with E-state index < -0.39 is 0 Å². The van der Waals surface area contributed by atoms with Crippen LogP contribution in [0.2, 0.25) is 0 Å². The highest BCUT2D eigenvalue weighted by atomic mass is 16.5. The van der Waals surface area contributed by atoms with Crippen LogP contribution >= 0.6 is 0 Å². The van der Waals surface area contributed by atoms with Crippen molar-refractivity contribution in [3.63, 3.8) is 0 Å². The molecule has 1 aromatic heterocycles. The summed E-state index contributed by atoms with van der Waals surface area (Å²) >= 11 is 0. The van der Waals surface area contributed by atoms with Crippen molar-refractivity contribution in [1.82, 2.24) is 15.2 Å². The minimum Gasteiger partial charge on any atom is -0.383 e. The third-order valence-electron chi connectivity index (χ3n) is 5.29. The monoisotopic (exact) mass is 410 g/mol. The number of amides is 3. The van der Waals surface area contributed by atoms with Gasteiger partial charge in [-0.3, -0.25) is 9.78 Å². The number of benzene rings is 1. The lowest BCUT2D eigenvalue weighted by atomic mass is 9.95. The van der Waals surface area contributed by atoms with E-state index in [9.17, 15) is 9.59 Å². The van der Waals surface area contributed by atoms with E-state index in [1.165, 1.54) is 19.3 Å². The molecule has 1 fully saturated rings. The number of carbonyl (C=O) groups is 2. The summed E-state index contributed by atoms with van der Waals surface area (Å²) in [5.41, 5.74) is 2.19. The second-order valence-electron chi connectivity index (χ2n) is 7.59. The van der Waals surface area contributed by atoms with E-state index in [-0.39, 0.29) is 18.0 Å². The van der Waals surface area contributed by atoms with E-state index in [0.717, 1.165) is 18.4 Å². The van der Waals surface area contributed by atoms with Gasteiger partial charge in [-0.2, -0.15) is 0 Å². The fourth-order valence-electron chi connectivity index (χ4n) is 3.59. The van der Waals surface area contributed by atoms with Gasteiger partial charge in [0.05, 0.1) is 6.61 Å². The van der Waals surface area contributed by atoms with Crippen LogP contribution in [0, 0.1) is 0 Å². The maximum Gasteiger partial charge on any atom is 0.322 e. The Balaban J connectivity index is 1.57. The molecule has 1 aromatic carbocycles. The molecule has 0 unspecified atom stereocenters. The first kappa shape index (κ1) is 21.8. The van der Waals surface area contributed by atoms with Crippen LogP contribution in [-0.4, -0.2) is 48.1 Å². The van der Waals surface area contributed by atoms with Gasteiger partial charge in [0.2, 0.25) is 0 Å². The number of nitrogens with one attached hydrogen (secondary N) is 2. The van der Waals surface area contributed by atoms with Crippen molar-refractivity contribution in [2.45, 2.75) is 44.7 Å². The highest BCUT2D eigenvalue weighted by Gasteiger charge is 2.17. The van der Waals surface area contributed by atoms with E-state index in [1.54, 1.807) is 48.7 Å². The second kappa shape index (κ2) is 11.3. The van der Waals surface area contributed by atoms with E-state index in [0.29, 0.717) is 30.9 Å². The van der Waals surface area contributed by atoms with Gasteiger partial charge in [-0.25, -0.2) is 4.79 Å². The summed E-state index contributed by atoms with van der Waals surface area (Å²) in [6, 6.07) is 10.8. The van der Waals surface area contributed by atoms with Crippen molar-refractivity contribution in [1.29, 1.82) is 0 Å². The molecule has 7 heteroatoms. The third-order valence-corrected chi connectivity index (χ3v) is 5.29. The van der Waals surface area contributed by atoms with Gasteiger partial charge in [0.15, 0.2) is 0 Å². The summed E-state index contributed by atoms with van der Waals surface area (Å²) in [7, 11) is 1.61. The number of urea groups is 1. The van der Waals surface area contributed by atoms with Crippen LogP contribution in [0.4, 0.5) is 10.5 Å². The Morgan fingerprint density at radius 1 is 1.13 bits per heavy atom. The number of hydrogen-bond donors (Lipinski definition) is 2. The summed E-state index contributed by atoms with van der Waals surface area (Å²) in [4.78, 5) is 31.0. The van der Waals surface area contributed by atoms with Crippen LogP contribution in [0.5, 0.6) is 0 Å². The topological polar surface area (TPSA) is 83.6 Å². The van der Waals surface area contributed by atoms with Crippen molar-refractivity contribution in [3.05, 3.63) is 59.9 Å². The number of nitrogens with zero attached hydrogens (tertiary/aromatic N) is 2. The maximum absolute atomic E-state index is 12.8. The zero-order valence-electron chi connectivity index (χ0n) is 17.5. The minimum absolute atomic E-state index is 0.0573. The SMILES string of the molecule is COCCN(Cc1cccnc1)C(=O)Nc1ccc(C(=O)NC2CCCCC2)cc1. The normalized spacial score (nSPS) is 14.2. The van der Waals surface area contributed by atoms with Gasteiger partial charge < -0.3 is 20.3 Å². The van der Waals surface area contributed by atoms with Crippen LogP contribution in [0.15, 0.2) is 48.8 Å². The van der Waals surface area contributed by atoms with Crippen LogP contribution in [0.3, 0.4) is 0 Å². The number of pyridine rings is 1. The predicted octanol–water partition coefficient (Wildman–Crippen LogP) is 3.82. The van der Waals surface area contributed by atoms with Crippen molar-refractivity contribution in [2.24, 2.45) is 0 Å². The standard InChI is InChI=1S/C23H30N4O3/c1-30-15-14-27(17-18-6-5-13-24-16-18)23(29)26-21-11-9-19(10-12-21)22(28)25-20-7-3-2-4-8-20/h5-6,9-13,16,20H,2-4,7-8,14-15,17H2,1H3,(H,25,28)(H,26,29). The molecule has 160 valence electrons. The van der Waals surface area contributed by atoms with Crippen molar-refractivity contribution in [3.8, 4) is 0 Å². The molecule has 30 heavy (non-hydrogen) atoms. The Hall–Kier alpha value is -2.93. The Morgan fingerprint density at radius 3 is 2.57 bits per heavy atom. The number of methoxy groups -OCH3 is 1. The molecule has 2 aromatic rings. The summed E-state index contributed by atoms with van der Waals surface area (Å²) in [6.07, 6.45) is 9.15. The Morgan fingerprint density at radius 2 is 1.90 bits per heavy atom. The number of carbonyl (C=O) groups excluding carboxylic acids is 2. The number of ether oxygens (including phenoxy) is 1. The van der Waals surface area contributed by atoms with Crippen LogP contribution in [0.25, 0.3) is 0 Å². The molecule has 7 nitrogen and oxygen atoms in total. The summed E-state index contributed by atoms with van der Waals surface area (Å²) in [6.45, 7) is 1.33. The second-order valence-corrected chi connectivity index (χ2v) is 7.59. The zero-order valence-corrected chi connectivity index (χ0v) is 17.5. The quantitative estimate of drug-likeness (QED) is 0.693. The van der Waals surface area contributed by atoms with E-state index in [1.807, 2.05) is 12.1 Å². The molecule has 0 aliphatic heterocycles. The molecule has 0 radical (unpaired) electrons. The van der Waals surface area contributed by atoms with Gasteiger partial charge in [-0.1, -0.05) is 25.3 Å². The fraction of sp³-hybridized carbons (Fsp3) is 0.435. The molecule has 3 amide bonds. The van der Waals surface area contributed by atoms with Gasteiger partial charge in [0.25, 0.3) is 5.91 Å². The highest BCUT2D eigenvalue weighted by Crippen LogP contribution is 2.18. The molecule has 2 N–H and O–H groups in total. The molecule has 0 spiro atoms. The molecule has 0 atom stereocenters. The van der Waals surface area contributed by atoms with E-state index in [2.05, 4.69) is 15.6 Å². The summed E-state index contributed by atoms with van der Waals surface area (Å²) < 4.78 is 5.13. The number of hydrogen-bond acceptors (Lipinski definition) is 4. The molecule has 1 aliphatic carbocycles. The van der Waals surface area contributed by atoms with E-state index >= 15 is 0 Å². The highest BCUT2D eigenvalue weighted by molar-refractivity contribution is 5.95. The average Bonchev–Trinajstić information content (AvgIpc) is 2.78. The maximum atomic E-state index is 12.8. The van der Waals surface area contributed by atoms with Gasteiger partial charge in [-0.15, -0.1) is 0 Å². The minimum atomic E-state index is -0.227. The molecule has 3 rings (SSSR count). The summed E-state index contributed by atoms with van der Waals surface area (Å²) in [5, 5.41) is 6.01. The van der Waals surface area contributed by atoms with E-state index in [4.69, 9.17) is 4.74 Å². The van der Waals surface area contributed by atoms with Crippen molar-refractivity contribution >= 4 is 17.6 Å². The largest absolute Gasteiger partial charge is 0.383 e. The molecule has 0 saturated heterocycles. The first-order valence-electron chi connectivity index (χ1n) is 10.5. The summed E-state index contributed by atoms with van der Waals surface area (Å²) in [5.74, 6) is -0.0573.